The van der Waals surface area contributed by atoms with E-state index in [9.17, 15) is 0 Å². The monoisotopic (exact) mass is 655 g/mol. The summed E-state index contributed by atoms with van der Waals surface area (Å²) >= 11 is 0. The molecular weight excluding hydrogens is 611 g/mol. The minimum Gasteiger partial charge on any atom is -0.439 e. The van der Waals surface area contributed by atoms with E-state index in [2.05, 4.69) is 158 Å². The molecule has 0 radical (unpaired) electrons. The molecule has 2 aliphatic heterocycles. The van der Waals surface area contributed by atoms with Crippen LogP contribution < -0.4 is 10.2 Å². The minimum atomic E-state index is -0.162. The Balaban J connectivity index is 0.00000177. The molecule has 50 heavy (non-hydrogen) atoms. The molecule has 0 saturated carbocycles. The van der Waals surface area contributed by atoms with Crippen molar-refractivity contribution in [3.05, 3.63) is 179 Å². The summed E-state index contributed by atoms with van der Waals surface area (Å²) in [7, 11) is 0. The first-order chi connectivity index (χ1) is 24.5. The van der Waals surface area contributed by atoms with Gasteiger partial charge in [0.1, 0.15) is 5.76 Å². The number of rotatable bonds is 3. The molecule has 2 unspecified atom stereocenters. The molecule has 1 aromatic heterocycles. The van der Waals surface area contributed by atoms with Gasteiger partial charge in [0, 0.05) is 29.1 Å². The van der Waals surface area contributed by atoms with Crippen LogP contribution >= 0.6 is 0 Å². The fourth-order valence-corrected chi connectivity index (χ4v) is 7.90. The summed E-state index contributed by atoms with van der Waals surface area (Å²) in [6.07, 6.45) is 26.6. The molecular formula is C46H45N3O. The van der Waals surface area contributed by atoms with Crippen LogP contribution in [0.25, 0.3) is 11.1 Å². The van der Waals surface area contributed by atoms with Gasteiger partial charge in [0.15, 0.2) is 0 Å². The fourth-order valence-electron chi connectivity index (χ4n) is 7.90. The molecule has 4 nitrogen and oxygen atoms in total. The Labute approximate surface area is 296 Å². The molecule has 3 heterocycles. The summed E-state index contributed by atoms with van der Waals surface area (Å²) in [5, 5.41) is 3.86. The van der Waals surface area contributed by atoms with Gasteiger partial charge in [0.05, 0.1) is 23.1 Å². The third kappa shape index (κ3) is 5.68. The molecule has 4 heteroatoms. The number of nitrogens with zero attached hydrogens (tertiary/aromatic N) is 2. The van der Waals surface area contributed by atoms with Crippen LogP contribution in [0.2, 0.25) is 0 Å². The van der Waals surface area contributed by atoms with E-state index in [0.29, 0.717) is 0 Å². The largest absolute Gasteiger partial charge is 0.439 e. The molecule has 250 valence electrons. The zero-order valence-electron chi connectivity index (χ0n) is 29.5. The number of anilines is 3. The zero-order valence-corrected chi connectivity index (χ0v) is 29.5. The van der Waals surface area contributed by atoms with Crippen molar-refractivity contribution in [2.24, 2.45) is 0 Å². The zero-order chi connectivity index (χ0) is 34.2. The van der Waals surface area contributed by atoms with Crippen LogP contribution in [0.5, 0.6) is 0 Å². The van der Waals surface area contributed by atoms with Gasteiger partial charge >= 0.3 is 0 Å². The highest BCUT2D eigenvalue weighted by Crippen LogP contribution is 2.52. The third-order valence-electron chi connectivity index (χ3n) is 10.4. The first kappa shape index (κ1) is 32.0. The lowest BCUT2D eigenvalue weighted by atomic mass is 9.73. The predicted molar refractivity (Wildman–Crippen MR) is 208 cm³/mol. The molecule has 0 spiro atoms. The Hall–Kier alpha value is -5.19. The van der Waals surface area contributed by atoms with Crippen molar-refractivity contribution in [2.75, 3.05) is 4.90 Å². The van der Waals surface area contributed by atoms with Gasteiger partial charge in [-0.05, 0) is 89.1 Å². The highest BCUT2D eigenvalue weighted by atomic mass is 16.4. The van der Waals surface area contributed by atoms with Gasteiger partial charge in [-0.15, -0.1) is 0 Å². The van der Waals surface area contributed by atoms with Crippen molar-refractivity contribution in [3.63, 3.8) is 0 Å². The Morgan fingerprint density at radius 1 is 0.840 bits per heavy atom. The smallest absolute Gasteiger partial charge is 0.222 e. The fraction of sp³-hybridized carbons (Fsp3) is 0.239. The molecule has 0 saturated heterocycles. The van der Waals surface area contributed by atoms with E-state index in [0.717, 1.165) is 43.0 Å². The molecule has 3 aromatic carbocycles. The second kappa shape index (κ2) is 13.3. The first-order valence-corrected chi connectivity index (χ1v) is 18.2. The maximum atomic E-state index is 6.57. The van der Waals surface area contributed by atoms with E-state index >= 15 is 0 Å². The van der Waals surface area contributed by atoms with Crippen molar-refractivity contribution in [1.29, 1.82) is 0 Å². The summed E-state index contributed by atoms with van der Waals surface area (Å²) in [6, 6.07) is 26.6. The molecule has 4 aromatic rings. The number of hydrogen-bond donors (Lipinski definition) is 1. The number of nitrogens with one attached hydrogen (secondary N) is 1. The summed E-state index contributed by atoms with van der Waals surface area (Å²) in [4.78, 5) is 7.41. The van der Waals surface area contributed by atoms with Crippen LogP contribution in [0.3, 0.4) is 0 Å². The van der Waals surface area contributed by atoms with E-state index < -0.39 is 0 Å². The van der Waals surface area contributed by atoms with Gasteiger partial charge in [-0.2, -0.15) is 0 Å². The number of allylic oxidation sites excluding steroid dienone is 11. The lowest BCUT2D eigenvalue weighted by Crippen LogP contribution is -2.30. The summed E-state index contributed by atoms with van der Waals surface area (Å²) in [5.74, 6) is 1.69. The van der Waals surface area contributed by atoms with Gasteiger partial charge in [-0.1, -0.05) is 125 Å². The molecule has 5 aliphatic rings. The average Bonchev–Trinajstić information content (AvgIpc) is 3.34. The van der Waals surface area contributed by atoms with Crippen molar-refractivity contribution >= 4 is 28.2 Å². The highest BCUT2D eigenvalue weighted by Gasteiger charge is 2.37. The van der Waals surface area contributed by atoms with E-state index in [-0.39, 0.29) is 17.5 Å². The number of benzene rings is 3. The lowest BCUT2D eigenvalue weighted by Gasteiger charge is -2.42. The maximum absolute atomic E-state index is 6.57. The predicted octanol–water partition coefficient (Wildman–Crippen LogP) is 11.6. The second-order valence-electron chi connectivity index (χ2n) is 13.9. The topological polar surface area (TPSA) is 41.3 Å². The van der Waals surface area contributed by atoms with Crippen LogP contribution in [0.1, 0.15) is 87.0 Å². The van der Waals surface area contributed by atoms with E-state index in [1.165, 1.54) is 56.0 Å². The quantitative estimate of drug-likeness (QED) is 0.238. The van der Waals surface area contributed by atoms with Gasteiger partial charge in [0.2, 0.25) is 5.89 Å². The molecule has 4 bridgehead atoms. The van der Waals surface area contributed by atoms with Gasteiger partial charge in [-0.3, -0.25) is 5.32 Å². The first-order valence-electron chi connectivity index (χ1n) is 18.2. The normalized spacial score (nSPS) is 21.8. The summed E-state index contributed by atoms with van der Waals surface area (Å²) < 4.78 is 6.57. The van der Waals surface area contributed by atoms with E-state index in [1.54, 1.807) is 0 Å². The van der Waals surface area contributed by atoms with Crippen LogP contribution in [0.15, 0.2) is 149 Å². The molecule has 3 aliphatic carbocycles. The van der Waals surface area contributed by atoms with Crippen LogP contribution in [-0.4, -0.2) is 11.0 Å². The summed E-state index contributed by atoms with van der Waals surface area (Å²) in [6.45, 7) is 8.71. The number of aromatic nitrogens is 1. The number of para-hydroxylation sites is 2. The Kier molecular flexibility index (Phi) is 8.50. The number of fused-ring (bicyclic) bond motifs is 7. The second-order valence-corrected chi connectivity index (χ2v) is 13.9. The molecule has 0 amide bonds. The van der Waals surface area contributed by atoms with E-state index in [1.807, 2.05) is 13.8 Å². The minimum absolute atomic E-state index is 0.0509. The Bertz CT molecular complexity index is 2150. The highest BCUT2D eigenvalue weighted by molar-refractivity contribution is 5.88. The van der Waals surface area contributed by atoms with Crippen molar-refractivity contribution < 1.29 is 4.42 Å². The number of oxazole rings is 1. The molecule has 2 atom stereocenters. The van der Waals surface area contributed by atoms with Crippen molar-refractivity contribution in [3.8, 4) is 0 Å². The Morgan fingerprint density at radius 2 is 1.66 bits per heavy atom. The van der Waals surface area contributed by atoms with Gasteiger partial charge < -0.3 is 9.32 Å². The third-order valence-corrected chi connectivity index (χ3v) is 10.4. The molecule has 9 rings (SSSR count). The SMILES string of the molecule is CC.CC1(C)c2ccccc2N(c2ccccc2)c2ccc(C3=CC4=CC(C=C3)NC3C=C4/C=C\Cc4nc(C5=CC=CCCC5)oc43)cc21. The Morgan fingerprint density at radius 3 is 2.54 bits per heavy atom. The lowest BCUT2D eigenvalue weighted by molar-refractivity contribution is 0.436. The van der Waals surface area contributed by atoms with Crippen LogP contribution in [0.4, 0.5) is 17.1 Å². The van der Waals surface area contributed by atoms with E-state index in [4.69, 9.17) is 9.40 Å². The molecule has 0 fully saturated rings. The van der Waals surface area contributed by atoms with Crippen molar-refractivity contribution in [1.82, 2.24) is 10.3 Å². The van der Waals surface area contributed by atoms with Crippen LogP contribution in [0, 0.1) is 0 Å². The number of hydrogen-bond acceptors (Lipinski definition) is 4. The molecule has 1 N–H and O–H groups in total. The summed E-state index contributed by atoms with van der Waals surface area (Å²) in [5.41, 5.74) is 13.2. The van der Waals surface area contributed by atoms with Crippen LogP contribution in [-0.2, 0) is 11.8 Å². The standard InChI is InChI=1S/C44H39N3O.C2H6/c1-44(2)36-18-10-11-20-40(36)47(35-16-8-5-9-17-35)41-24-22-32(27-37(41)44)31-21-23-34-26-33(25-31)30-15-12-19-38-42(39(28-30)45-34)48-43(46-38)29-13-6-3-4-7-14-29;1-2/h3,5-6,8-13,15-18,20-28,34,39,45H,4,7,14,19H2,1-2H3;1-2H3/b15-12-;. The average molecular weight is 656 g/mol. The maximum Gasteiger partial charge on any atom is 0.222 e. The van der Waals surface area contributed by atoms with Gasteiger partial charge in [0.25, 0.3) is 0 Å². The van der Waals surface area contributed by atoms with Gasteiger partial charge in [-0.25, -0.2) is 4.98 Å². The van der Waals surface area contributed by atoms with Crippen molar-refractivity contribution in [2.45, 2.75) is 70.9 Å².